The fourth-order valence-electron chi connectivity index (χ4n) is 6.85. The van der Waals surface area contributed by atoms with Crippen LogP contribution in [0.1, 0.15) is 90.2 Å². The van der Waals surface area contributed by atoms with Gasteiger partial charge in [-0.3, -0.25) is 24.0 Å². The number of amides is 3. The molecule has 3 fully saturated rings. The highest BCUT2D eigenvalue weighted by Gasteiger charge is 2.32. The minimum absolute atomic E-state index is 0.190. The maximum Gasteiger partial charge on any atom is 0.407 e. The number of nitrogens with one attached hydrogen (secondary N) is 2. The van der Waals surface area contributed by atoms with Gasteiger partial charge in [-0.25, -0.2) is 9.59 Å². The highest BCUT2D eigenvalue weighted by Crippen LogP contribution is 2.32. The van der Waals surface area contributed by atoms with Crippen molar-refractivity contribution in [1.82, 2.24) is 24.7 Å². The van der Waals surface area contributed by atoms with Gasteiger partial charge in [-0.2, -0.15) is 0 Å². The quantitative estimate of drug-likeness (QED) is 0.514. The molecule has 0 spiro atoms. The zero-order chi connectivity index (χ0) is 29.3. The van der Waals surface area contributed by atoms with Crippen molar-refractivity contribution in [3.8, 4) is 0 Å². The van der Waals surface area contributed by atoms with Gasteiger partial charge in [0.2, 0.25) is 11.8 Å². The van der Waals surface area contributed by atoms with Gasteiger partial charge in [0, 0.05) is 38.6 Å². The summed E-state index contributed by atoms with van der Waals surface area (Å²) in [6.07, 6.45) is 9.19. The number of benzene rings is 1. The van der Waals surface area contributed by atoms with Gasteiger partial charge in [0.25, 0.3) is 0 Å². The number of imide groups is 1. The predicted molar refractivity (Wildman–Crippen MR) is 157 cm³/mol. The van der Waals surface area contributed by atoms with E-state index in [1.54, 1.807) is 16.2 Å². The molecule has 10 nitrogen and oxygen atoms in total. The minimum atomic E-state index is -0.656. The van der Waals surface area contributed by atoms with Crippen LogP contribution < -0.4 is 16.3 Å². The summed E-state index contributed by atoms with van der Waals surface area (Å²) in [5, 5.41) is 5.41. The number of piperidine rings is 2. The van der Waals surface area contributed by atoms with Crippen LogP contribution in [0.2, 0.25) is 0 Å². The number of hydrogen-bond donors (Lipinski definition) is 2. The Labute approximate surface area is 241 Å². The second-order valence-electron chi connectivity index (χ2n) is 13.2. The van der Waals surface area contributed by atoms with E-state index < -0.39 is 17.6 Å². The third-order valence-corrected chi connectivity index (χ3v) is 9.10. The zero-order valence-electron chi connectivity index (χ0n) is 24.9. The molecule has 1 unspecified atom stereocenters. The van der Waals surface area contributed by atoms with Crippen molar-refractivity contribution in [2.75, 3.05) is 13.1 Å². The van der Waals surface area contributed by atoms with Gasteiger partial charge >= 0.3 is 11.8 Å². The Morgan fingerprint density at radius 1 is 1.00 bits per heavy atom. The predicted octanol–water partition coefficient (Wildman–Crippen LogP) is 3.80. The summed E-state index contributed by atoms with van der Waals surface area (Å²) in [7, 11) is 1.74. The average molecular weight is 568 g/mol. The third kappa shape index (κ3) is 6.85. The summed E-state index contributed by atoms with van der Waals surface area (Å²) in [4.78, 5) is 51.8. The summed E-state index contributed by atoms with van der Waals surface area (Å²) in [5.41, 5.74) is 2.06. The maximum atomic E-state index is 13.0. The second kappa shape index (κ2) is 12.0. The smallest absolute Gasteiger partial charge is 0.407 e. The SMILES string of the molecule is Cn1c(=O)n(C2CCC(=O)NC2=O)c2ccc(CC[C@H]3CC[C@H](N4CCC(NC(=O)OC(C)(C)C)CC4)CC3)cc21. The van der Waals surface area contributed by atoms with Crippen LogP contribution in [-0.4, -0.2) is 62.7 Å². The molecule has 1 atom stereocenters. The molecule has 5 rings (SSSR count). The van der Waals surface area contributed by atoms with Gasteiger partial charge in [0.15, 0.2) is 0 Å². The lowest BCUT2D eigenvalue weighted by Gasteiger charge is -2.41. The molecule has 2 aliphatic heterocycles. The number of nitrogens with zero attached hydrogens (tertiary/aromatic N) is 3. The molecule has 0 bridgehead atoms. The Bertz CT molecular complexity index is 1340. The van der Waals surface area contributed by atoms with Gasteiger partial charge < -0.3 is 15.0 Å². The Kier molecular flexibility index (Phi) is 8.59. The van der Waals surface area contributed by atoms with Crippen molar-refractivity contribution >= 4 is 28.9 Å². The van der Waals surface area contributed by atoms with E-state index in [0.717, 1.165) is 49.8 Å². The van der Waals surface area contributed by atoms with Gasteiger partial charge in [0.1, 0.15) is 11.6 Å². The maximum absolute atomic E-state index is 13.0. The standard InChI is InChI=1S/C31H45N5O5/c1-31(2,3)41-29(39)32-22-15-17-35(18-16-22)23-10-7-20(8-11-23)5-6-21-9-12-24-26(19-21)34(4)30(40)36(24)25-13-14-27(37)33-28(25)38/h9,12,19-20,22-23,25H,5-8,10-11,13-18H2,1-4H3,(H,32,39)(H,33,37,38)/t20-,23-,25?. The first-order valence-corrected chi connectivity index (χ1v) is 15.3. The Morgan fingerprint density at radius 3 is 2.37 bits per heavy atom. The topological polar surface area (TPSA) is 115 Å². The Balaban J connectivity index is 1.10. The number of aryl methyl sites for hydroxylation is 2. The van der Waals surface area contributed by atoms with Crippen molar-refractivity contribution in [2.24, 2.45) is 13.0 Å². The van der Waals surface area contributed by atoms with E-state index in [1.807, 2.05) is 26.8 Å². The number of rotatable bonds is 6. The summed E-state index contributed by atoms with van der Waals surface area (Å²) in [6, 6.07) is 6.28. The van der Waals surface area contributed by atoms with Crippen molar-refractivity contribution in [2.45, 2.75) is 109 Å². The van der Waals surface area contributed by atoms with Crippen molar-refractivity contribution in [1.29, 1.82) is 0 Å². The average Bonchev–Trinajstić information content (AvgIpc) is 3.16. The lowest BCUT2D eigenvalue weighted by atomic mass is 9.81. The van der Waals surface area contributed by atoms with Crippen molar-refractivity contribution < 1.29 is 19.1 Å². The number of alkyl carbamates (subject to hydrolysis) is 1. The number of ether oxygens (including phenoxy) is 1. The molecular formula is C31H45N5O5. The molecule has 0 radical (unpaired) electrons. The Morgan fingerprint density at radius 2 is 1.71 bits per heavy atom. The minimum Gasteiger partial charge on any atom is -0.444 e. The molecule has 3 aliphatic rings. The molecule has 1 saturated carbocycles. The second-order valence-corrected chi connectivity index (χ2v) is 13.2. The molecule has 2 N–H and O–H groups in total. The molecule has 2 saturated heterocycles. The molecule has 2 aromatic rings. The third-order valence-electron chi connectivity index (χ3n) is 9.10. The summed E-state index contributed by atoms with van der Waals surface area (Å²) in [5.74, 6) is 0.00981. The molecule has 41 heavy (non-hydrogen) atoms. The van der Waals surface area contributed by atoms with Gasteiger partial charge in [-0.1, -0.05) is 6.07 Å². The van der Waals surface area contributed by atoms with E-state index in [-0.39, 0.29) is 30.2 Å². The van der Waals surface area contributed by atoms with E-state index in [1.165, 1.54) is 31.2 Å². The van der Waals surface area contributed by atoms with Crippen LogP contribution in [0.5, 0.6) is 0 Å². The first-order chi connectivity index (χ1) is 19.5. The van der Waals surface area contributed by atoms with Gasteiger partial charge in [-0.05, 0) is 102 Å². The van der Waals surface area contributed by atoms with Crippen molar-refractivity contribution in [3.05, 3.63) is 34.2 Å². The highest BCUT2D eigenvalue weighted by atomic mass is 16.6. The molecule has 3 heterocycles. The van der Waals surface area contributed by atoms with Crippen molar-refractivity contribution in [3.63, 3.8) is 0 Å². The monoisotopic (exact) mass is 567 g/mol. The van der Waals surface area contributed by atoms with Gasteiger partial charge in [0.05, 0.1) is 11.0 Å². The largest absolute Gasteiger partial charge is 0.444 e. The fourth-order valence-corrected chi connectivity index (χ4v) is 6.85. The molecule has 1 aliphatic carbocycles. The van der Waals surface area contributed by atoms with Crippen LogP contribution in [0.4, 0.5) is 4.79 Å². The lowest BCUT2D eigenvalue weighted by molar-refractivity contribution is -0.135. The van der Waals surface area contributed by atoms with Crippen LogP contribution in [0, 0.1) is 5.92 Å². The van der Waals surface area contributed by atoms with E-state index in [0.29, 0.717) is 18.4 Å². The molecule has 1 aromatic carbocycles. The number of fused-ring (bicyclic) bond motifs is 1. The van der Waals surface area contributed by atoms with E-state index in [4.69, 9.17) is 4.74 Å². The number of imidazole rings is 1. The highest BCUT2D eigenvalue weighted by molar-refractivity contribution is 6.00. The van der Waals surface area contributed by atoms with E-state index in [2.05, 4.69) is 27.7 Å². The van der Waals surface area contributed by atoms with Crippen LogP contribution >= 0.6 is 0 Å². The number of carbonyl (C=O) groups is 3. The molecule has 1 aromatic heterocycles. The number of likely N-dealkylation sites (tertiary alicyclic amines) is 1. The normalized spacial score (nSPS) is 24.8. The molecule has 224 valence electrons. The van der Waals surface area contributed by atoms with E-state index in [9.17, 15) is 19.2 Å². The number of carbonyl (C=O) groups excluding carboxylic acids is 3. The molecule has 10 heteroatoms. The van der Waals surface area contributed by atoms with Crippen LogP contribution in [0.3, 0.4) is 0 Å². The van der Waals surface area contributed by atoms with Crippen LogP contribution in [0.15, 0.2) is 23.0 Å². The van der Waals surface area contributed by atoms with E-state index >= 15 is 0 Å². The summed E-state index contributed by atoms with van der Waals surface area (Å²) >= 11 is 0. The lowest BCUT2D eigenvalue weighted by Crippen LogP contribution is -2.49. The first-order valence-electron chi connectivity index (χ1n) is 15.3. The molecular weight excluding hydrogens is 522 g/mol. The van der Waals surface area contributed by atoms with Crippen LogP contribution in [-0.2, 0) is 27.8 Å². The number of hydrogen-bond acceptors (Lipinski definition) is 6. The Hall–Kier alpha value is -3.14. The zero-order valence-corrected chi connectivity index (χ0v) is 24.9. The summed E-state index contributed by atoms with van der Waals surface area (Å²) < 4.78 is 8.56. The fraction of sp³-hybridized carbons (Fsp3) is 0.677. The van der Waals surface area contributed by atoms with Crippen LogP contribution in [0.25, 0.3) is 11.0 Å². The number of aromatic nitrogens is 2. The first kappa shape index (κ1) is 29.4. The van der Waals surface area contributed by atoms with Gasteiger partial charge in [-0.15, -0.1) is 0 Å². The summed E-state index contributed by atoms with van der Waals surface area (Å²) in [6.45, 7) is 7.70. The molecule has 3 amide bonds.